The molecule has 0 nitrogen and oxygen atoms in total. The van der Waals surface area contributed by atoms with Crippen molar-refractivity contribution in [1.82, 2.24) is 0 Å². The Labute approximate surface area is 86.5 Å². The first kappa shape index (κ1) is 10.9. The van der Waals surface area contributed by atoms with Crippen molar-refractivity contribution >= 4 is 88.1 Å². The van der Waals surface area contributed by atoms with E-state index in [0.717, 1.165) is 0 Å². The Morgan fingerprint density at radius 3 is 2.25 bits per heavy atom. The highest BCUT2D eigenvalue weighted by Crippen LogP contribution is 2.46. The van der Waals surface area contributed by atoms with Crippen LogP contribution in [0.4, 0.5) is 0 Å². The third kappa shape index (κ3) is 8.92. The zero-order valence-electron chi connectivity index (χ0n) is 3.27. The first-order chi connectivity index (χ1) is 3.77. The fourth-order valence-corrected chi connectivity index (χ4v) is 14.8. The maximum Gasteiger partial charge on any atom is 0.00947 e. The van der Waals surface area contributed by atoms with E-state index in [0.29, 0.717) is 0 Å². The lowest BCUT2D eigenvalue weighted by Crippen LogP contribution is -1.43. The molecule has 0 aromatic heterocycles. The summed E-state index contributed by atoms with van der Waals surface area (Å²) < 4.78 is 0. The van der Waals surface area contributed by atoms with E-state index in [1.165, 1.54) is 0 Å². The van der Waals surface area contributed by atoms with Gasteiger partial charge in [-0.05, 0) is 66.9 Å². The largest absolute Gasteiger partial charge is 0.0402 e. The second kappa shape index (κ2) is 8.02. The van der Waals surface area contributed by atoms with Gasteiger partial charge in [-0.3, -0.25) is 0 Å². The van der Waals surface area contributed by atoms with E-state index in [4.69, 9.17) is 22.4 Å². The zero-order chi connectivity index (χ0) is 6.41. The summed E-state index contributed by atoms with van der Waals surface area (Å²) in [5.41, 5.74) is 0. The van der Waals surface area contributed by atoms with E-state index in [-0.39, 0.29) is 0 Å². The summed E-state index contributed by atoms with van der Waals surface area (Å²) in [4.78, 5) is 0. The van der Waals surface area contributed by atoms with Gasteiger partial charge in [-0.1, -0.05) is 0 Å². The van der Waals surface area contributed by atoms with E-state index < -0.39 is 7.05 Å². The van der Waals surface area contributed by atoms with Crippen LogP contribution in [0.25, 0.3) is 0 Å². The molecule has 8 heavy (non-hydrogen) atoms. The van der Waals surface area contributed by atoms with E-state index in [2.05, 4.69) is 21.2 Å². The summed E-state index contributed by atoms with van der Waals surface area (Å²) in [6, 6.07) is 0. The summed E-state index contributed by atoms with van der Waals surface area (Å²) in [6.45, 7) is 0. The smallest absolute Gasteiger partial charge is 0.00947 e. The van der Waals surface area contributed by atoms with Crippen LogP contribution in [-0.2, 0) is 29.4 Å². The Hall–Kier alpha value is 2.92. The van der Waals surface area contributed by atoms with Gasteiger partial charge in [0.15, 0.2) is 0 Å². The minimum Gasteiger partial charge on any atom is -0.0402 e. The van der Waals surface area contributed by atoms with Gasteiger partial charge in [0.25, 0.3) is 0 Å². The molecule has 0 atom stereocenters. The van der Waals surface area contributed by atoms with Crippen LogP contribution < -0.4 is 0 Å². The predicted molar refractivity (Wildman–Crippen MR) is 67.9 cm³/mol. The van der Waals surface area contributed by atoms with Gasteiger partial charge in [0.1, 0.15) is 0 Å². The van der Waals surface area contributed by atoms with Crippen LogP contribution in [0.15, 0.2) is 0 Å². The molecule has 8 heteroatoms. The molecular weight excluding hydrogens is 351 g/mol. The molecule has 0 aromatic carbocycles. The predicted octanol–water partition coefficient (Wildman–Crippen LogP) is 3.20. The van der Waals surface area contributed by atoms with E-state index in [1.807, 2.05) is 0 Å². The number of halogens is 1. The molecule has 0 unspecified atom stereocenters. The highest BCUT2D eigenvalue weighted by Gasteiger charge is 1.84. The van der Waals surface area contributed by atoms with Gasteiger partial charge < -0.3 is 0 Å². The molecule has 0 heterocycles. The summed E-state index contributed by atoms with van der Waals surface area (Å²) in [5.74, 6) is 0. The normalized spacial score (nSPS) is 10.2. The maximum atomic E-state index is 4.79. The summed E-state index contributed by atoms with van der Waals surface area (Å²) >= 11 is 11.8. The number of rotatable bonds is 4. The molecule has 0 saturated carbocycles. The number of hydrogen-bond acceptors (Lipinski definition) is 6. The third-order valence-electron chi connectivity index (χ3n) is 0.145. The van der Waals surface area contributed by atoms with Gasteiger partial charge in [0.2, 0.25) is 0 Å². The lowest BCUT2D eigenvalue weighted by molar-refractivity contribution is 5.72. The van der Waals surface area contributed by atoms with E-state index in [1.54, 1.807) is 37.4 Å². The van der Waals surface area contributed by atoms with Crippen molar-refractivity contribution in [3.63, 3.8) is 0 Å². The van der Waals surface area contributed by atoms with Crippen molar-refractivity contribution in [2.45, 2.75) is 0 Å². The molecule has 0 N–H and O–H groups in total. The van der Waals surface area contributed by atoms with Crippen molar-refractivity contribution in [2.75, 3.05) is 0 Å². The minimum absolute atomic E-state index is 0.603. The third-order valence-corrected chi connectivity index (χ3v) is 14.3. The highest BCUT2D eigenvalue weighted by atomic mass is 127. The molecule has 0 spiro atoms. The monoisotopic (exact) mass is 352 g/mol. The van der Waals surface area contributed by atoms with Gasteiger partial charge >= 0.3 is 0 Å². The van der Waals surface area contributed by atoms with Crippen LogP contribution >= 0.6 is 58.6 Å². The molecule has 0 amide bonds. The molecule has 0 aliphatic heterocycles. The minimum atomic E-state index is -0.603. The lowest BCUT2D eigenvalue weighted by atomic mass is 30.3. The van der Waals surface area contributed by atoms with Crippen molar-refractivity contribution in [3.8, 4) is 0 Å². The Balaban J connectivity index is 2.94. The van der Waals surface area contributed by atoms with Crippen LogP contribution in [0.1, 0.15) is 0 Å². The maximum absolute atomic E-state index is 4.79. The van der Waals surface area contributed by atoms with Gasteiger partial charge in [-0.15, -0.1) is 0 Å². The second-order valence-corrected chi connectivity index (χ2v) is 15.5. The Kier molecular flexibility index (Phi) is 10.9. The van der Waals surface area contributed by atoms with Crippen molar-refractivity contribution in [2.24, 2.45) is 0 Å². The van der Waals surface area contributed by atoms with Gasteiger partial charge in [-0.2, -0.15) is 0 Å². The van der Waals surface area contributed by atoms with Crippen LogP contribution in [0.2, 0.25) is 0 Å². The van der Waals surface area contributed by atoms with Crippen molar-refractivity contribution < 1.29 is 0 Å². The Morgan fingerprint density at radius 1 is 1.25 bits per heavy atom. The molecule has 0 aliphatic rings. The van der Waals surface area contributed by atoms with Crippen LogP contribution in [-0.4, -0.2) is 0 Å². The molecule has 0 radical (unpaired) electrons. The quantitative estimate of drug-likeness (QED) is 0.355. The summed E-state index contributed by atoms with van der Waals surface area (Å²) in [5, 5.41) is 0. The average molecular weight is 352 g/mol. The first-order valence-corrected chi connectivity index (χ1v) is 12.5. The van der Waals surface area contributed by atoms with Crippen LogP contribution in [0.5, 0.6) is 0 Å². The number of hydrogen-bond donors (Lipinski definition) is 1. The molecule has 0 bridgehead atoms. The fourth-order valence-electron chi connectivity index (χ4n) is 0.0478. The summed E-state index contributed by atoms with van der Waals surface area (Å²) in [7, 11) is 6.06. The first-order valence-electron chi connectivity index (χ1n) is 1.20. The highest BCUT2D eigenvalue weighted by molar-refractivity contribution is 14.2. The number of thiol groups is 1. The van der Waals surface area contributed by atoms with Crippen LogP contribution in [0.3, 0.4) is 0 Å². The SMILES string of the molecule is S=[SH](=S)SSSSI. The lowest BCUT2D eigenvalue weighted by Gasteiger charge is -1.86. The molecule has 0 fully saturated rings. The molecular formula is HIS7. The Bertz CT molecular complexity index is 93.0. The molecule has 50 valence electrons. The molecule has 0 saturated heterocycles. The standard InChI is InChI=1S/HIS7/c1-4-5-6-7-8(2)3/h8H. The Morgan fingerprint density at radius 2 is 1.88 bits per heavy atom. The van der Waals surface area contributed by atoms with Gasteiger partial charge in [0.05, 0.1) is 0 Å². The van der Waals surface area contributed by atoms with E-state index >= 15 is 0 Å². The van der Waals surface area contributed by atoms with Gasteiger partial charge in [-0.25, -0.2) is 0 Å². The molecule has 0 aromatic rings. The van der Waals surface area contributed by atoms with Crippen molar-refractivity contribution in [3.05, 3.63) is 0 Å². The van der Waals surface area contributed by atoms with Crippen molar-refractivity contribution in [1.29, 1.82) is 0 Å². The average Bonchev–Trinajstić information content (AvgIpc) is 1.66. The van der Waals surface area contributed by atoms with E-state index in [9.17, 15) is 0 Å². The molecule has 0 rings (SSSR count). The summed E-state index contributed by atoms with van der Waals surface area (Å²) in [6.07, 6.45) is 0. The van der Waals surface area contributed by atoms with Gasteiger partial charge in [0, 0.05) is 21.2 Å². The zero-order valence-corrected chi connectivity index (χ0v) is 11.2. The fraction of sp³-hybridized carbons (Fsp3) is 0. The topological polar surface area (TPSA) is 0 Å². The second-order valence-electron chi connectivity index (χ2n) is 0.497. The van der Waals surface area contributed by atoms with Crippen LogP contribution in [0, 0.1) is 0 Å². The molecule has 0 aliphatic carbocycles.